The first-order valence-electron chi connectivity index (χ1n) is 18.0. The maximum absolute atomic E-state index is 2.43. The molecule has 11 rings (SSSR count). The zero-order valence-electron chi connectivity index (χ0n) is 28.4. The van der Waals surface area contributed by atoms with E-state index in [0.717, 1.165) is 29.9 Å². The zero-order chi connectivity index (χ0) is 34.2. The maximum Gasteiger partial charge on any atom is 0.0555 e. The van der Waals surface area contributed by atoms with Crippen molar-refractivity contribution in [3.8, 4) is 5.69 Å². The Balaban J connectivity index is 1.19. The maximum atomic E-state index is 2.43. The third-order valence-corrected chi connectivity index (χ3v) is 11.9. The first-order chi connectivity index (χ1) is 25.8. The summed E-state index contributed by atoms with van der Waals surface area (Å²) >= 11 is 1.90. The lowest BCUT2D eigenvalue weighted by Crippen LogP contribution is -2.09. The molecule has 4 heteroatoms. The molecular formula is C48H33N3S. The summed E-state index contributed by atoms with van der Waals surface area (Å²) in [4.78, 5) is 2.42. The van der Waals surface area contributed by atoms with Gasteiger partial charge in [-0.2, -0.15) is 0 Å². The van der Waals surface area contributed by atoms with Crippen LogP contribution in [0.3, 0.4) is 0 Å². The quantitative estimate of drug-likeness (QED) is 0.176. The Bertz CT molecular complexity index is 3070. The van der Waals surface area contributed by atoms with Crippen LogP contribution in [0.5, 0.6) is 0 Å². The summed E-state index contributed by atoms with van der Waals surface area (Å²) in [7, 11) is 0. The monoisotopic (exact) mass is 683 g/mol. The molecule has 0 N–H and O–H groups in total. The van der Waals surface area contributed by atoms with Crippen LogP contribution in [0.4, 0.5) is 17.1 Å². The van der Waals surface area contributed by atoms with E-state index in [4.69, 9.17) is 0 Å². The van der Waals surface area contributed by atoms with Gasteiger partial charge in [-0.15, -0.1) is 11.3 Å². The zero-order valence-corrected chi connectivity index (χ0v) is 29.2. The first-order valence-corrected chi connectivity index (χ1v) is 18.8. The Morgan fingerprint density at radius 1 is 0.462 bits per heavy atom. The summed E-state index contributed by atoms with van der Waals surface area (Å²) in [6, 6.07) is 57.8. The van der Waals surface area contributed by atoms with Crippen molar-refractivity contribution in [2.45, 2.75) is 12.8 Å². The van der Waals surface area contributed by atoms with Crippen molar-refractivity contribution in [3.63, 3.8) is 0 Å². The lowest BCUT2D eigenvalue weighted by Gasteiger charge is -2.26. The van der Waals surface area contributed by atoms with Gasteiger partial charge in [0.1, 0.15) is 0 Å². The van der Waals surface area contributed by atoms with Crippen LogP contribution < -0.4 is 4.90 Å². The van der Waals surface area contributed by atoms with Gasteiger partial charge in [-0.05, 0) is 97.8 Å². The molecule has 0 unspecified atom stereocenters. The fourth-order valence-corrected chi connectivity index (χ4v) is 9.70. The van der Waals surface area contributed by atoms with E-state index in [9.17, 15) is 0 Å². The molecule has 52 heavy (non-hydrogen) atoms. The Labute approximate surface area is 305 Å². The average molecular weight is 684 g/mol. The van der Waals surface area contributed by atoms with Gasteiger partial charge in [-0.25, -0.2) is 0 Å². The molecule has 3 aromatic heterocycles. The van der Waals surface area contributed by atoms with Gasteiger partial charge in [0.2, 0.25) is 0 Å². The van der Waals surface area contributed by atoms with Gasteiger partial charge in [0, 0.05) is 70.2 Å². The molecule has 0 saturated carbocycles. The largest absolute Gasteiger partial charge is 0.310 e. The number of hydrogen-bond donors (Lipinski definition) is 0. The van der Waals surface area contributed by atoms with E-state index in [1.165, 1.54) is 75.2 Å². The second kappa shape index (κ2) is 11.6. The number of nitrogens with zero attached hydrogens (tertiary/aromatic N) is 3. The molecule has 246 valence electrons. The molecule has 10 aromatic rings. The molecule has 0 amide bonds. The molecule has 3 nitrogen and oxygen atoms in total. The van der Waals surface area contributed by atoms with Gasteiger partial charge in [0.05, 0.1) is 22.1 Å². The van der Waals surface area contributed by atoms with Crippen LogP contribution in [0.2, 0.25) is 0 Å². The molecule has 0 bridgehead atoms. The van der Waals surface area contributed by atoms with E-state index < -0.39 is 0 Å². The molecule has 0 saturated heterocycles. The van der Waals surface area contributed by atoms with Crippen molar-refractivity contribution >= 4 is 97.9 Å². The highest BCUT2D eigenvalue weighted by molar-refractivity contribution is 7.26. The summed E-state index contributed by atoms with van der Waals surface area (Å²) in [5, 5.41) is 7.71. The van der Waals surface area contributed by atoms with Crippen LogP contribution in [0.15, 0.2) is 176 Å². The number of allylic oxidation sites excluding steroid dienone is 4. The molecule has 3 heterocycles. The lowest BCUT2D eigenvalue weighted by molar-refractivity contribution is 1.02. The van der Waals surface area contributed by atoms with E-state index >= 15 is 0 Å². The van der Waals surface area contributed by atoms with E-state index in [-0.39, 0.29) is 0 Å². The van der Waals surface area contributed by atoms with E-state index in [0.29, 0.717) is 0 Å². The van der Waals surface area contributed by atoms with Crippen LogP contribution >= 0.6 is 11.3 Å². The highest BCUT2D eigenvalue weighted by Gasteiger charge is 2.22. The van der Waals surface area contributed by atoms with Crippen molar-refractivity contribution in [2.75, 3.05) is 4.90 Å². The molecule has 0 atom stereocenters. The van der Waals surface area contributed by atoms with Crippen LogP contribution in [-0.2, 0) is 0 Å². The molecule has 0 radical (unpaired) electrons. The molecule has 0 spiro atoms. The van der Waals surface area contributed by atoms with Crippen LogP contribution in [0.1, 0.15) is 12.8 Å². The molecule has 1 aliphatic carbocycles. The van der Waals surface area contributed by atoms with Gasteiger partial charge < -0.3 is 14.0 Å². The number of aromatic nitrogens is 2. The third-order valence-electron chi connectivity index (χ3n) is 10.7. The molecule has 0 aliphatic heterocycles. The summed E-state index contributed by atoms with van der Waals surface area (Å²) in [6.45, 7) is 0. The van der Waals surface area contributed by atoms with Crippen molar-refractivity contribution in [1.29, 1.82) is 0 Å². The minimum absolute atomic E-state index is 1.07. The Morgan fingerprint density at radius 2 is 1.12 bits per heavy atom. The van der Waals surface area contributed by atoms with Gasteiger partial charge >= 0.3 is 0 Å². The number of anilines is 3. The first kappa shape index (κ1) is 29.4. The number of fused-ring (bicyclic) bond motifs is 10. The predicted octanol–water partition coefficient (Wildman–Crippen LogP) is 13.9. The van der Waals surface area contributed by atoms with Crippen molar-refractivity contribution in [2.24, 2.45) is 0 Å². The minimum Gasteiger partial charge on any atom is -0.310 e. The normalized spacial score (nSPS) is 13.3. The Kier molecular flexibility index (Phi) is 6.55. The fourth-order valence-electron chi connectivity index (χ4n) is 8.44. The second-order valence-electron chi connectivity index (χ2n) is 13.6. The summed E-state index contributed by atoms with van der Waals surface area (Å²) in [5.74, 6) is 0. The SMILES string of the molecule is C1=CC(n2c3ccccc3c3cc(N(c4ccccc4)c4ccc5c(c4)c4c6sc7ccccc7c6ccc4n5-c4ccccc4)ccc32)=CCC1. The molecule has 1 aliphatic rings. The standard InChI is InChI=1S/C48H33N3S/c1-4-14-32(15-5-1)49(35-24-27-43-40(30-35)37-20-10-12-22-42(37)50(43)33-16-6-2-7-17-33)36-25-28-44-41(31-36)47-45(51(44)34-18-8-3-9-19-34)29-26-39-38-21-11-13-23-46(38)52-48(39)47/h1,3-6,8-31H,2,7H2. The summed E-state index contributed by atoms with van der Waals surface area (Å²) in [6.07, 6.45) is 9.09. The summed E-state index contributed by atoms with van der Waals surface area (Å²) in [5.41, 5.74) is 10.7. The fraction of sp³-hybridized carbons (Fsp3) is 0.0417. The Morgan fingerprint density at radius 3 is 1.90 bits per heavy atom. The van der Waals surface area contributed by atoms with Crippen molar-refractivity contribution in [1.82, 2.24) is 9.13 Å². The third kappa shape index (κ3) is 4.38. The second-order valence-corrected chi connectivity index (χ2v) is 14.7. The number of hydrogen-bond acceptors (Lipinski definition) is 2. The summed E-state index contributed by atoms with van der Waals surface area (Å²) < 4.78 is 7.51. The topological polar surface area (TPSA) is 13.1 Å². The number of benzene rings is 7. The highest BCUT2D eigenvalue weighted by atomic mass is 32.1. The van der Waals surface area contributed by atoms with Crippen LogP contribution in [0, 0.1) is 0 Å². The average Bonchev–Trinajstić information content (AvgIpc) is 3.86. The van der Waals surface area contributed by atoms with Crippen molar-refractivity contribution in [3.05, 3.63) is 176 Å². The van der Waals surface area contributed by atoms with Gasteiger partial charge in [-0.1, -0.05) is 91.0 Å². The lowest BCUT2D eigenvalue weighted by atomic mass is 10.1. The predicted molar refractivity (Wildman–Crippen MR) is 224 cm³/mol. The van der Waals surface area contributed by atoms with Gasteiger partial charge in [-0.3, -0.25) is 0 Å². The van der Waals surface area contributed by atoms with Crippen molar-refractivity contribution < 1.29 is 0 Å². The van der Waals surface area contributed by atoms with E-state index in [1.54, 1.807) is 0 Å². The molecule has 0 fully saturated rings. The number of rotatable bonds is 5. The highest BCUT2D eigenvalue weighted by Crippen LogP contribution is 2.46. The smallest absolute Gasteiger partial charge is 0.0555 e. The van der Waals surface area contributed by atoms with E-state index in [1.807, 2.05) is 11.3 Å². The van der Waals surface area contributed by atoms with Gasteiger partial charge in [0.25, 0.3) is 0 Å². The Hall–Kier alpha value is -6.36. The molecule has 7 aromatic carbocycles. The number of para-hydroxylation sites is 3. The van der Waals surface area contributed by atoms with Crippen LogP contribution in [0.25, 0.3) is 75.2 Å². The number of thiophene rings is 1. The van der Waals surface area contributed by atoms with Gasteiger partial charge in [0.15, 0.2) is 0 Å². The minimum atomic E-state index is 1.07. The van der Waals surface area contributed by atoms with Crippen LogP contribution in [-0.4, -0.2) is 9.13 Å². The molecular weight excluding hydrogens is 651 g/mol. The van der Waals surface area contributed by atoms with E-state index in [2.05, 4.69) is 190 Å².